The van der Waals surface area contributed by atoms with Gasteiger partial charge in [0.15, 0.2) is 6.10 Å². The van der Waals surface area contributed by atoms with Gasteiger partial charge in [-0.25, -0.2) is 4.79 Å². The number of aromatic hydroxyl groups is 1. The van der Waals surface area contributed by atoms with Crippen molar-refractivity contribution in [1.29, 1.82) is 0 Å². The SMILES string of the molecule is Cc1c(O)cccc1C(=O)NC[C@H](O)C(=O)O. The first kappa shape index (κ1) is 13.0. The number of carbonyl (C=O) groups is 2. The lowest BCUT2D eigenvalue weighted by atomic mass is 10.1. The summed E-state index contributed by atoms with van der Waals surface area (Å²) >= 11 is 0. The maximum absolute atomic E-state index is 11.6. The number of hydrogen-bond donors (Lipinski definition) is 4. The van der Waals surface area contributed by atoms with Crippen LogP contribution in [0, 0.1) is 6.92 Å². The van der Waals surface area contributed by atoms with Crippen LogP contribution in [0.2, 0.25) is 0 Å². The second-order valence-electron chi connectivity index (χ2n) is 3.51. The second-order valence-corrected chi connectivity index (χ2v) is 3.51. The van der Waals surface area contributed by atoms with Gasteiger partial charge in [-0.2, -0.15) is 0 Å². The first-order valence-corrected chi connectivity index (χ1v) is 4.91. The van der Waals surface area contributed by atoms with Crippen LogP contribution in [0.1, 0.15) is 15.9 Å². The summed E-state index contributed by atoms with van der Waals surface area (Å²) in [5, 5.41) is 29.1. The van der Waals surface area contributed by atoms with Gasteiger partial charge in [-0.1, -0.05) is 6.07 Å². The van der Waals surface area contributed by atoms with Gasteiger partial charge in [0.25, 0.3) is 5.91 Å². The van der Waals surface area contributed by atoms with Crippen molar-refractivity contribution in [3.63, 3.8) is 0 Å². The molecule has 1 aromatic rings. The highest BCUT2D eigenvalue weighted by Gasteiger charge is 2.16. The van der Waals surface area contributed by atoms with Gasteiger partial charge in [-0.15, -0.1) is 0 Å². The van der Waals surface area contributed by atoms with Crippen molar-refractivity contribution >= 4 is 11.9 Å². The normalized spacial score (nSPS) is 11.9. The first-order chi connectivity index (χ1) is 7.93. The van der Waals surface area contributed by atoms with Gasteiger partial charge in [-0.05, 0) is 19.1 Å². The smallest absolute Gasteiger partial charge is 0.334 e. The lowest BCUT2D eigenvalue weighted by Crippen LogP contribution is -2.36. The topological polar surface area (TPSA) is 107 Å². The van der Waals surface area contributed by atoms with Gasteiger partial charge in [0.1, 0.15) is 5.75 Å². The maximum Gasteiger partial charge on any atom is 0.334 e. The molecule has 17 heavy (non-hydrogen) atoms. The minimum atomic E-state index is -1.64. The Morgan fingerprint density at radius 3 is 2.65 bits per heavy atom. The van der Waals surface area contributed by atoms with Crippen LogP contribution in [0.25, 0.3) is 0 Å². The Kier molecular flexibility index (Phi) is 4.06. The molecular weight excluding hydrogens is 226 g/mol. The Labute approximate surface area is 97.5 Å². The molecule has 0 radical (unpaired) electrons. The number of carboxylic acid groups (broad SMARTS) is 1. The fourth-order valence-corrected chi connectivity index (χ4v) is 1.24. The summed E-state index contributed by atoms with van der Waals surface area (Å²) in [4.78, 5) is 21.9. The number of nitrogens with one attached hydrogen (secondary N) is 1. The quantitative estimate of drug-likeness (QED) is 0.585. The van der Waals surface area contributed by atoms with Crippen LogP contribution in [-0.4, -0.2) is 39.8 Å². The van der Waals surface area contributed by atoms with E-state index in [1.165, 1.54) is 18.2 Å². The molecule has 1 aromatic carbocycles. The molecule has 0 saturated heterocycles. The Morgan fingerprint density at radius 2 is 2.06 bits per heavy atom. The van der Waals surface area contributed by atoms with Crippen LogP contribution < -0.4 is 5.32 Å². The number of phenols is 1. The summed E-state index contributed by atoms with van der Waals surface area (Å²) in [6.07, 6.45) is -1.64. The van der Waals surface area contributed by atoms with E-state index in [2.05, 4.69) is 5.32 Å². The van der Waals surface area contributed by atoms with E-state index in [0.717, 1.165) is 0 Å². The average Bonchev–Trinajstić information content (AvgIpc) is 2.29. The van der Waals surface area contributed by atoms with Crippen LogP contribution in [0.15, 0.2) is 18.2 Å². The summed E-state index contributed by atoms with van der Waals surface area (Å²) in [7, 11) is 0. The number of aliphatic hydroxyl groups excluding tert-OH is 1. The molecule has 4 N–H and O–H groups in total. The molecule has 0 aliphatic rings. The monoisotopic (exact) mass is 239 g/mol. The fraction of sp³-hybridized carbons (Fsp3) is 0.273. The summed E-state index contributed by atoms with van der Waals surface area (Å²) in [5.74, 6) is -1.96. The maximum atomic E-state index is 11.6. The molecule has 92 valence electrons. The highest BCUT2D eigenvalue weighted by atomic mass is 16.4. The van der Waals surface area contributed by atoms with Crippen LogP contribution >= 0.6 is 0 Å². The summed E-state index contributed by atoms with van der Waals surface area (Å²) < 4.78 is 0. The van der Waals surface area contributed by atoms with Crippen LogP contribution in [0.4, 0.5) is 0 Å². The highest BCUT2D eigenvalue weighted by molar-refractivity contribution is 5.96. The van der Waals surface area contributed by atoms with Crippen molar-refractivity contribution in [2.45, 2.75) is 13.0 Å². The number of phenolic OH excluding ortho intramolecular Hbond substituents is 1. The Balaban J connectivity index is 2.71. The molecule has 0 unspecified atom stereocenters. The van der Waals surface area contributed by atoms with E-state index in [0.29, 0.717) is 5.56 Å². The van der Waals surface area contributed by atoms with Gasteiger partial charge in [0.2, 0.25) is 0 Å². The van der Waals surface area contributed by atoms with Crippen LogP contribution in [0.5, 0.6) is 5.75 Å². The van der Waals surface area contributed by atoms with E-state index >= 15 is 0 Å². The third-order valence-electron chi connectivity index (χ3n) is 2.29. The zero-order chi connectivity index (χ0) is 13.0. The van der Waals surface area contributed by atoms with E-state index in [9.17, 15) is 14.7 Å². The molecule has 6 nitrogen and oxygen atoms in total. The molecule has 1 rings (SSSR count). The van der Waals surface area contributed by atoms with Crippen molar-refractivity contribution < 1.29 is 24.9 Å². The number of amides is 1. The van der Waals surface area contributed by atoms with Crippen molar-refractivity contribution in [2.75, 3.05) is 6.54 Å². The molecule has 0 saturated carbocycles. The molecule has 6 heteroatoms. The van der Waals surface area contributed by atoms with Crippen molar-refractivity contribution in [3.05, 3.63) is 29.3 Å². The third kappa shape index (κ3) is 3.18. The standard InChI is InChI=1S/C11H13NO5/c1-6-7(3-2-4-8(6)13)10(15)12-5-9(14)11(16)17/h2-4,9,13-14H,5H2,1H3,(H,12,15)(H,16,17)/t9-/m0/s1. The van der Waals surface area contributed by atoms with Gasteiger partial charge >= 0.3 is 5.97 Å². The minimum absolute atomic E-state index is 0.0172. The molecule has 0 spiro atoms. The Morgan fingerprint density at radius 1 is 1.41 bits per heavy atom. The summed E-state index contributed by atoms with van der Waals surface area (Å²) in [6, 6.07) is 4.45. The van der Waals surface area contributed by atoms with Gasteiger partial charge in [0, 0.05) is 11.1 Å². The number of aliphatic hydroxyl groups is 1. The first-order valence-electron chi connectivity index (χ1n) is 4.91. The largest absolute Gasteiger partial charge is 0.508 e. The molecular formula is C11H13NO5. The van der Waals surface area contributed by atoms with Crippen molar-refractivity contribution in [2.24, 2.45) is 0 Å². The third-order valence-corrected chi connectivity index (χ3v) is 2.29. The predicted molar refractivity (Wildman–Crippen MR) is 58.8 cm³/mol. The van der Waals surface area contributed by atoms with E-state index in [-0.39, 0.29) is 17.9 Å². The lowest BCUT2D eigenvalue weighted by Gasteiger charge is -2.10. The van der Waals surface area contributed by atoms with Crippen molar-refractivity contribution in [3.8, 4) is 5.75 Å². The average molecular weight is 239 g/mol. The van der Waals surface area contributed by atoms with Crippen LogP contribution in [0.3, 0.4) is 0 Å². The van der Waals surface area contributed by atoms with Crippen LogP contribution in [-0.2, 0) is 4.79 Å². The molecule has 0 fully saturated rings. The molecule has 0 aliphatic heterocycles. The molecule has 0 aromatic heterocycles. The predicted octanol–water partition coefficient (Wildman–Crippen LogP) is -0.124. The van der Waals surface area contributed by atoms with Gasteiger partial charge in [0.05, 0.1) is 6.54 Å². The van der Waals surface area contributed by atoms with Crippen molar-refractivity contribution in [1.82, 2.24) is 5.32 Å². The number of benzene rings is 1. The molecule has 0 heterocycles. The second kappa shape index (κ2) is 5.31. The lowest BCUT2D eigenvalue weighted by molar-refractivity contribution is -0.146. The number of hydrogen-bond acceptors (Lipinski definition) is 4. The van der Waals surface area contributed by atoms with E-state index < -0.39 is 18.0 Å². The van der Waals surface area contributed by atoms with E-state index in [1.54, 1.807) is 6.92 Å². The molecule has 1 amide bonds. The Bertz CT molecular complexity index is 443. The Hall–Kier alpha value is -2.08. The van der Waals surface area contributed by atoms with E-state index in [1.807, 2.05) is 0 Å². The van der Waals surface area contributed by atoms with Gasteiger partial charge in [-0.3, -0.25) is 4.79 Å². The molecule has 1 atom stereocenters. The summed E-state index contributed by atoms with van der Waals surface area (Å²) in [6.45, 7) is 1.18. The van der Waals surface area contributed by atoms with Gasteiger partial charge < -0.3 is 20.6 Å². The number of aliphatic carboxylic acids is 1. The fourth-order valence-electron chi connectivity index (χ4n) is 1.24. The van der Waals surface area contributed by atoms with E-state index in [4.69, 9.17) is 10.2 Å². The number of carbonyl (C=O) groups excluding carboxylic acids is 1. The minimum Gasteiger partial charge on any atom is -0.508 e. The zero-order valence-corrected chi connectivity index (χ0v) is 9.17. The highest BCUT2D eigenvalue weighted by Crippen LogP contribution is 2.19. The molecule has 0 aliphatic carbocycles. The number of rotatable bonds is 4. The number of carboxylic acids is 1. The summed E-state index contributed by atoms with van der Waals surface area (Å²) in [5.41, 5.74) is 0.636. The zero-order valence-electron chi connectivity index (χ0n) is 9.17. The molecule has 0 bridgehead atoms.